The van der Waals surface area contributed by atoms with Crippen molar-refractivity contribution in [1.82, 2.24) is 24.5 Å². The van der Waals surface area contributed by atoms with Gasteiger partial charge in [0.25, 0.3) is 11.8 Å². The van der Waals surface area contributed by atoms with Gasteiger partial charge in [-0.25, -0.2) is 4.98 Å². The lowest BCUT2D eigenvalue weighted by Crippen LogP contribution is -2.34. The number of imidazole rings is 1. The molecular weight excluding hydrogens is 350 g/mol. The first kappa shape index (κ1) is 17.7. The second kappa shape index (κ2) is 6.80. The zero-order chi connectivity index (χ0) is 19.1. The fraction of sp³-hybridized carbons (Fsp3) is 0.556. The number of likely N-dealkylation sites (tertiary alicyclic amines) is 1. The van der Waals surface area contributed by atoms with Crippen molar-refractivity contribution in [3.8, 4) is 0 Å². The zero-order valence-electron chi connectivity index (χ0n) is 15.5. The van der Waals surface area contributed by atoms with E-state index >= 15 is 0 Å². The minimum Gasteiger partial charge on any atom is -0.391 e. The molecule has 4 rings (SSSR count). The van der Waals surface area contributed by atoms with E-state index < -0.39 is 6.10 Å². The van der Waals surface area contributed by atoms with Gasteiger partial charge in [-0.2, -0.15) is 0 Å². The number of β-amino-alcohol motifs (C(OH)–C–C–N with tert-alkyl or cyclic N) is 1. The normalized spacial score (nSPS) is 19.9. The standard InChI is InChI=1S/C18H23N5O4/c1-11-16(12(2)27-20-11)18(26)21-6-4-15-19-14(10-22(15)8-7-21)17(25)23-5-3-13(24)9-23/h10,13,24H,3-9H2,1-2H3/t13-/m1/s1. The number of aryl methyl sites for hydroxylation is 2. The van der Waals surface area contributed by atoms with Crippen LogP contribution in [0.3, 0.4) is 0 Å². The van der Waals surface area contributed by atoms with Crippen LogP contribution in [-0.2, 0) is 13.0 Å². The van der Waals surface area contributed by atoms with Gasteiger partial charge in [-0.1, -0.05) is 5.16 Å². The number of carbonyl (C=O) groups is 2. The first-order valence-electron chi connectivity index (χ1n) is 9.19. The van der Waals surface area contributed by atoms with Crippen molar-refractivity contribution in [1.29, 1.82) is 0 Å². The van der Waals surface area contributed by atoms with E-state index in [9.17, 15) is 14.7 Å². The number of hydrogen-bond donors (Lipinski definition) is 1. The topological polar surface area (TPSA) is 105 Å². The number of amides is 2. The van der Waals surface area contributed by atoms with Crippen molar-refractivity contribution in [2.24, 2.45) is 0 Å². The summed E-state index contributed by atoms with van der Waals surface area (Å²) in [4.78, 5) is 33.3. The van der Waals surface area contributed by atoms with Crippen LogP contribution in [0.1, 0.15) is 44.5 Å². The van der Waals surface area contributed by atoms with Gasteiger partial charge in [0.1, 0.15) is 22.8 Å². The first-order chi connectivity index (χ1) is 12.9. The Morgan fingerprint density at radius 2 is 1.96 bits per heavy atom. The molecule has 2 aromatic rings. The van der Waals surface area contributed by atoms with Crippen molar-refractivity contribution in [2.45, 2.75) is 39.3 Å². The quantitative estimate of drug-likeness (QED) is 0.817. The molecule has 0 aliphatic carbocycles. The third-order valence-electron chi connectivity index (χ3n) is 5.28. The molecule has 0 aromatic carbocycles. The lowest BCUT2D eigenvalue weighted by Gasteiger charge is -2.19. The summed E-state index contributed by atoms with van der Waals surface area (Å²) in [7, 11) is 0. The number of fused-ring (bicyclic) bond motifs is 1. The molecule has 27 heavy (non-hydrogen) atoms. The second-order valence-electron chi connectivity index (χ2n) is 7.17. The number of aliphatic hydroxyl groups excluding tert-OH is 1. The predicted octanol–water partition coefficient (Wildman–Crippen LogP) is 0.393. The first-order valence-corrected chi connectivity index (χ1v) is 9.19. The van der Waals surface area contributed by atoms with Crippen LogP contribution in [-0.4, -0.2) is 73.7 Å². The van der Waals surface area contributed by atoms with Crippen molar-refractivity contribution in [3.05, 3.63) is 34.7 Å². The molecule has 9 nitrogen and oxygen atoms in total. The Morgan fingerprint density at radius 3 is 2.63 bits per heavy atom. The molecule has 0 spiro atoms. The summed E-state index contributed by atoms with van der Waals surface area (Å²) in [5.74, 6) is 1.10. The van der Waals surface area contributed by atoms with Crippen LogP contribution in [0.5, 0.6) is 0 Å². The summed E-state index contributed by atoms with van der Waals surface area (Å²) in [6.07, 6.45) is 2.49. The molecule has 1 fully saturated rings. The Kier molecular flexibility index (Phi) is 4.47. The van der Waals surface area contributed by atoms with E-state index in [1.165, 1.54) is 0 Å². The van der Waals surface area contributed by atoms with Gasteiger partial charge in [-0.15, -0.1) is 0 Å². The number of carbonyl (C=O) groups excluding carboxylic acids is 2. The van der Waals surface area contributed by atoms with Gasteiger partial charge in [0.2, 0.25) is 0 Å². The Bertz CT molecular complexity index is 841. The lowest BCUT2D eigenvalue weighted by atomic mass is 10.1. The van der Waals surface area contributed by atoms with E-state index in [0.29, 0.717) is 68.3 Å². The molecule has 1 N–H and O–H groups in total. The van der Waals surface area contributed by atoms with Gasteiger partial charge in [0.15, 0.2) is 0 Å². The Hall–Kier alpha value is -2.68. The molecule has 2 aliphatic heterocycles. The maximum atomic E-state index is 12.8. The molecule has 2 amide bonds. The molecule has 144 valence electrons. The fourth-order valence-electron chi connectivity index (χ4n) is 3.76. The van der Waals surface area contributed by atoms with Gasteiger partial charge in [-0.05, 0) is 20.3 Å². The monoisotopic (exact) mass is 373 g/mol. The van der Waals surface area contributed by atoms with E-state index in [1.807, 2.05) is 4.57 Å². The molecule has 1 atom stereocenters. The smallest absolute Gasteiger partial charge is 0.274 e. The summed E-state index contributed by atoms with van der Waals surface area (Å²) in [6.45, 7) is 6.05. The highest BCUT2D eigenvalue weighted by Gasteiger charge is 2.29. The van der Waals surface area contributed by atoms with Gasteiger partial charge >= 0.3 is 0 Å². The van der Waals surface area contributed by atoms with Crippen LogP contribution < -0.4 is 0 Å². The molecule has 2 aromatic heterocycles. The minimum absolute atomic E-state index is 0.0839. The summed E-state index contributed by atoms with van der Waals surface area (Å²) in [5.41, 5.74) is 1.53. The van der Waals surface area contributed by atoms with E-state index in [0.717, 1.165) is 5.82 Å². The Balaban J connectivity index is 1.46. The van der Waals surface area contributed by atoms with Crippen LogP contribution in [0.4, 0.5) is 0 Å². The van der Waals surface area contributed by atoms with Crippen molar-refractivity contribution < 1.29 is 19.2 Å². The largest absolute Gasteiger partial charge is 0.391 e. The van der Waals surface area contributed by atoms with Gasteiger partial charge in [-0.3, -0.25) is 9.59 Å². The SMILES string of the molecule is Cc1noc(C)c1C(=O)N1CCc2nc(C(=O)N3CC[C@@H](O)C3)cn2CC1. The van der Waals surface area contributed by atoms with Gasteiger partial charge < -0.3 is 24.0 Å². The highest BCUT2D eigenvalue weighted by Crippen LogP contribution is 2.19. The minimum atomic E-state index is -0.446. The fourth-order valence-corrected chi connectivity index (χ4v) is 3.76. The van der Waals surface area contributed by atoms with Gasteiger partial charge in [0.05, 0.1) is 11.8 Å². The zero-order valence-corrected chi connectivity index (χ0v) is 15.5. The molecule has 1 saturated heterocycles. The highest BCUT2D eigenvalue weighted by atomic mass is 16.5. The van der Waals surface area contributed by atoms with E-state index in [2.05, 4.69) is 10.1 Å². The highest BCUT2D eigenvalue weighted by molar-refractivity contribution is 5.96. The Morgan fingerprint density at radius 1 is 1.15 bits per heavy atom. The number of hydrogen-bond acceptors (Lipinski definition) is 6. The molecule has 0 radical (unpaired) electrons. The third-order valence-corrected chi connectivity index (χ3v) is 5.28. The average Bonchev–Trinajstić information content (AvgIpc) is 3.30. The number of aliphatic hydroxyl groups is 1. The third kappa shape index (κ3) is 3.23. The number of nitrogens with zero attached hydrogens (tertiary/aromatic N) is 5. The van der Waals surface area contributed by atoms with Crippen LogP contribution in [0, 0.1) is 13.8 Å². The molecule has 0 unspecified atom stereocenters. The van der Waals surface area contributed by atoms with E-state index in [-0.39, 0.29) is 11.8 Å². The summed E-state index contributed by atoms with van der Waals surface area (Å²) in [6, 6.07) is 0. The summed E-state index contributed by atoms with van der Waals surface area (Å²) >= 11 is 0. The molecule has 0 saturated carbocycles. The van der Waals surface area contributed by atoms with Crippen molar-refractivity contribution in [2.75, 3.05) is 26.2 Å². The van der Waals surface area contributed by atoms with Crippen LogP contribution >= 0.6 is 0 Å². The van der Waals surface area contributed by atoms with Crippen LogP contribution in [0.15, 0.2) is 10.7 Å². The average molecular weight is 373 g/mol. The lowest BCUT2D eigenvalue weighted by molar-refractivity contribution is 0.0746. The molecule has 0 bridgehead atoms. The van der Waals surface area contributed by atoms with Crippen molar-refractivity contribution in [3.63, 3.8) is 0 Å². The molecular formula is C18H23N5O4. The molecule has 9 heteroatoms. The molecule has 2 aliphatic rings. The number of aromatic nitrogens is 3. The van der Waals surface area contributed by atoms with Crippen LogP contribution in [0.25, 0.3) is 0 Å². The summed E-state index contributed by atoms with van der Waals surface area (Å²) in [5, 5.41) is 13.5. The predicted molar refractivity (Wildman–Crippen MR) is 94.3 cm³/mol. The molecule has 4 heterocycles. The maximum Gasteiger partial charge on any atom is 0.274 e. The second-order valence-corrected chi connectivity index (χ2v) is 7.17. The number of rotatable bonds is 2. The van der Waals surface area contributed by atoms with E-state index in [4.69, 9.17) is 4.52 Å². The van der Waals surface area contributed by atoms with Crippen LogP contribution in [0.2, 0.25) is 0 Å². The van der Waals surface area contributed by atoms with Crippen molar-refractivity contribution >= 4 is 11.8 Å². The van der Waals surface area contributed by atoms with E-state index in [1.54, 1.807) is 29.8 Å². The Labute approximate surface area is 156 Å². The maximum absolute atomic E-state index is 12.8. The van der Waals surface area contributed by atoms with Gasteiger partial charge in [0, 0.05) is 45.3 Å². The summed E-state index contributed by atoms with van der Waals surface area (Å²) < 4.78 is 7.05.